The van der Waals surface area contributed by atoms with Gasteiger partial charge in [-0.2, -0.15) is 0 Å². The van der Waals surface area contributed by atoms with E-state index in [2.05, 4.69) is 0 Å². The molecule has 1 atom stereocenters. The number of carbonyl (C=O) groups is 1. The Morgan fingerprint density at radius 1 is 1.38 bits per heavy atom. The molecule has 0 fully saturated rings. The molecule has 0 aromatic heterocycles. The second-order valence-corrected chi connectivity index (χ2v) is 3.05. The first-order valence-electron chi connectivity index (χ1n) is 4.42. The first-order valence-corrected chi connectivity index (χ1v) is 4.42. The zero-order valence-electron chi connectivity index (χ0n) is 8.70. The Morgan fingerprint density at radius 2 is 2.00 bits per heavy atom. The predicted octanol–water partition coefficient (Wildman–Crippen LogP) is 1.19. The quantitative estimate of drug-likeness (QED) is 0.466. The lowest BCUT2D eigenvalue weighted by Crippen LogP contribution is -2.29. The van der Waals surface area contributed by atoms with Gasteiger partial charge < -0.3 is 14.2 Å². The van der Waals surface area contributed by atoms with E-state index < -0.39 is 12.3 Å². The monoisotopic (exact) mass is 190 g/mol. The van der Waals surface area contributed by atoms with E-state index in [0.29, 0.717) is 19.1 Å². The zero-order chi connectivity index (χ0) is 10.3. The average Bonchev–Trinajstić information content (AvgIpc) is 2.10. The van der Waals surface area contributed by atoms with Gasteiger partial charge in [0, 0.05) is 13.7 Å². The highest BCUT2D eigenvalue weighted by Crippen LogP contribution is 1.99. The van der Waals surface area contributed by atoms with Crippen molar-refractivity contribution >= 4 is 5.97 Å². The number of carbonyl (C=O) groups excluding carboxylic acids is 1. The summed E-state index contributed by atoms with van der Waals surface area (Å²) in [5.41, 5.74) is 0. The Bertz CT molecular complexity index is 145. The maximum atomic E-state index is 11.2. The van der Waals surface area contributed by atoms with Crippen LogP contribution in [0.15, 0.2) is 0 Å². The molecule has 0 rings (SSSR count). The smallest absolute Gasteiger partial charge is 0.363 e. The van der Waals surface area contributed by atoms with Crippen LogP contribution in [0, 0.1) is 5.92 Å². The van der Waals surface area contributed by atoms with E-state index in [1.807, 2.05) is 13.8 Å². The van der Waals surface area contributed by atoms with E-state index in [4.69, 9.17) is 14.2 Å². The van der Waals surface area contributed by atoms with Crippen LogP contribution >= 0.6 is 0 Å². The van der Waals surface area contributed by atoms with Crippen LogP contribution in [0.5, 0.6) is 0 Å². The molecule has 13 heavy (non-hydrogen) atoms. The Balaban J connectivity index is 3.77. The van der Waals surface area contributed by atoms with Crippen LogP contribution in [0.25, 0.3) is 0 Å². The van der Waals surface area contributed by atoms with E-state index in [9.17, 15) is 4.79 Å². The van der Waals surface area contributed by atoms with E-state index in [1.165, 1.54) is 7.11 Å². The van der Waals surface area contributed by atoms with Gasteiger partial charge in [-0.15, -0.1) is 0 Å². The van der Waals surface area contributed by atoms with E-state index in [1.54, 1.807) is 6.92 Å². The van der Waals surface area contributed by atoms with Crippen LogP contribution in [-0.4, -0.2) is 32.6 Å². The summed E-state index contributed by atoms with van der Waals surface area (Å²) >= 11 is 0. The molecule has 0 aliphatic heterocycles. The standard InChI is InChI=1S/C9H18O4/c1-5-12-9(11-4)8(10)13-6-7(2)3/h7,9H,5-6H2,1-4H3. The maximum Gasteiger partial charge on any atom is 0.363 e. The first kappa shape index (κ1) is 12.4. The number of rotatable bonds is 6. The summed E-state index contributed by atoms with van der Waals surface area (Å²) in [5.74, 6) is -0.138. The Hall–Kier alpha value is -0.610. The molecular weight excluding hydrogens is 172 g/mol. The minimum atomic E-state index is -0.885. The second kappa shape index (κ2) is 6.86. The van der Waals surface area contributed by atoms with Crippen LogP contribution < -0.4 is 0 Å². The number of hydrogen-bond acceptors (Lipinski definition) is 4. The fraction of sp³-hybridized carbons (Fsp3) is 0.889. The third kappa shape index (κ3) is 5.60. The lowest BCUT2D eigenvalue weighted by Gasteiger charge is -2.14. The van der Waals surface area contributed by atoms with Crippen LogP contribution in [0.4, 0.5) is 0 Å². The molecule has 4 nitrogen and oxygen atoms in total. The lowest BCUT2D eigenvalue weighted by atomic mass is 10.2. The summed E-state index contributed by atoms with van der Waals surface area (Å²) in [7, 11) is 1.41. The Morgan fingerprint density at radius 3 is 2.38 bits per heavy atom. The fourth-order valence-corrected chi connectivity index (χ4v) is 0.701. The van der Waals surface area contributed by atoms with Crippen molar-refractivity contribution < 1.29 is 19.0 Å². The summed E-state index contributed by atoms with van der Waals surface area (Å²) in [4.78, 5) is 11.2. The molecule has 0 aromatic carbocycles. The van der Waals surface area contributed by atoms with Gasteiger partial charge in [-0.1, -0.05) is 13.8 Å². The second-order valence-electron chi connectivity index (χ2n) is 3.05. The largest absolute Gasteiger partial charge is 0.462 e. The Labute approximate surface area is 79.2 Å². The summed E-state index contributed by atoms with van der Waals surface area (Å²) in [6.07, 6.45) is -0.885. The Kier molecular flexibility index (Phi) is 6.54. The van der Waals surface area contributed by atoms with Crippen molar-refractivity contribution in [2.45, 2.75) is 27.1 Å². The molecule has 0 aromatic rings. The topological polar surface area (TPSA) is 44.8 Å². The third-order valence-electron chi connectivity index (χ3n) is 1.28. The molecule has 0 saturated heterocycles. The fourth-order valence-electron chi connectivity index (χ4n) is 0.701. The molecule has 0 amide bonds. The van der Waals surface area contributed by atoms with Crippen LogP contribution in [0.1, 0.15) is 20.8 Å². The molecule has 0 N–H and O–H groups in total. The summed E-state index contributed by atoms with van der Waals surface area (Å²) in [5, 5.41) is 0. The van der Waals surface area contributed by atoms with Crippen molar-refractivity contribution in [2.24, 2.45) is 5.92 Å². The third-order valence-corrected chi connectivity index (χ3v) is 1.28. The van der Waals surface area contributed by atoms with Crippen molar-refractivity contribution in [3.63, 3.8) is 0 Å². The van der Waals surface area contributed by atoms with Crippen molar-refractivity contribution in [1.82, 2.24) is 0 Å². The molecule has 0 spiro atoms. The van der Waals surface area contributed by atoms with E-state index in [0.717, 1.165) is 0 Å². The maximum absolute atomic E-state index is 11.2. The number of hydrogen-bond donors (Lipinski definition) is 0. The predicted molar refractivity (Wildman–Crippen MR) is 48.2 cm³/mol. The highest BCUT2D eigenvalue weighted by atomic mass is 16.7. The van der Waals surface area contributed by atoms with Gasteiger partial charge in [-0.3, -0.25) is 0 Å². The first-order chi connectivity index (χ1) is 6.11. The molecular formula is C9H18O4. The average molecular weight is 190 g/mol. The normalized spacial score (nSPS) is 13.0. The molecule has 0 radical (unpaired) electrons. The minimum absolute atomic E-state index is 0.322. The highest BCUT2D eigenvalue weighted by Gasteiger charge is 2.19. The van der Waals surface area contributed by atoms with E-state index in [-0.39, 0.29) is 0 Å². The lowest BCUT2D eigenvalue weighted by molar-refractivity contribution is -0.189. The summed E-state index contributed by atoms with van der Waals surface area (Å²) in [6.45, 7) is 6.55. The molecule has 4 heteroatoms. The molecule has 1 unspecified atom stereocenters. The number of ether oxygens (including phenoxy) is 3. The SMILES string of the molecule is CCOC(OC)C(=O)OCC(C)C. The summed E-state index contributed by atoms with van der Waals surface area (Å²) in [6, 6.07) is 0. The van der Waals surface area contributed by atoms with Crippen molar-refractivity contribution in [1.29, 1.82) is 0 Å². The van der Waals surface area contributed by atoms with Crippen LogP contribution in [-0.2, 0) is 19.0 Å². The van der Waals surface area contributed by atoms with Gasteiger partial charge in [-0.05, 0) is 12.8 Å². The molecule has 0 aliphatic rings. The van der Waals surface area contributed by atoms with Gasteiger partial charge in [0.1, 0.15) is 0 Å². The van der Waals surface area contributed by atoms with Gasteiger partial charge >= 0.3 is 5.97 Å². The number of esters is 1. The molecule has 78 valence electrons. The van der Waals surface area contributed by atoms with Gasteiger partial charge in [0.05, 0.1) is 6.61 Å². The van der Waals surface area contributed by atoms with Gasteiger partial charge in [0.25, 0.3) is 6.29 Å². The summed E-state index contributed by atoms with van der Waals surface area (Å²) < 4.78 is 14.7. The van der Waals surface area contributed by atoms with Gasteiger partial charge in [-0.25, -0.2) is 4.79 Å². The van der Waals surface area contributed by atoms with Crippen molar-refractivity contribution in [2.75, 3.05) is 20.3 Å². The molecule has 0 saturated carbocycles. The van der Waals surface area contributed by atoms with E-state index >= 15 is 0 Å². The molecule has 0 aliphatic carbocycles. The van der Waals surface area contributed by atoms with Crippen molar-refractivity contribution in [3.05, 3.63) is 0 Å². The van der Waals surface area contributed by atoms with Gasteiger partial charge in [0.15, 0.2) is 0 Å². The van der Waals surface area contributed by atoms with Crippen LogP contribution in [0.2, 0.25) is 0 Å². The zero-order valence-corrected chi connectivity index (χ0v) is 8.70. The van der Waals surface area contributed by atoms with Crippen LogP contribution in [0.3, 0.4) is 0 Å². The molecule has 0 bridgehead atoms. The van der Waals surface area contributed by atoms with Gasteiger partial charge in [0.2, 0.25) is 0 Å². The molecule has 0 heterocycles. The minimum Gasteiger partial charge on any atom is -0.462 e. The number of methoxy groups -OCH3 is 1. The van der Waals surface area contributed by atoms with Crippen molar-refractivity contribution in [3.8, 4) is 0 Å². The highest BCUT2D eigenvalue weighted by molar-refractivity contribution is 5.73.